The summed E-state index contributed by atoms with van der Waals surface area (Å²) in [4.78, 5) is 27.3. The van der Waals surface area contributed by atoms with Gasteiger partial charge in [0.05, 0.1) is 7.11 Å². The van der Waals surface area contributed by atoms with Gasteiger partial charge in [0.2, 0.25) is 5.91 Å². The van der Waals surface area contributed by atoms with E-state index < -0.39 is 6.04 Å². The highest BCUT2D eigenvalue weighted by molar-refractivity contribution is 5.90. The van der Waals surface area contributed by atoms with E-state index in [1.807, 2.05) is 73.7 Å². The number of likely N-dealkylation sites (N-methyl/N-ethyl adjacent to an activating group) is 1. The van der Waals surface area contributed by atoms with Crippen molar-refractivity contribution in [3.05, 3.63) is 72.3 Å². The second kappa shape index (κ2) is 10.5. The van der Waals surface area contributed by atoms with Crippen LogP contribution in [0.2, 0.25) is 0 Å². The normalized spacial score (nSPS) is 11.6. The minimum absolute atomic E-state index is 0.161. The third-order valence-corrected chi connectivity index (χ3v) is 5.22. The van der Waals surface area contributed by atoms with E-state index in [4.69, 9.17) is 9.47 Å². The summed E-state index contributed by atoms with van der Waals surface area (Å²) in [6.45, 7) is 2.00. The summed E-state index contributed by atoms with van der Waals surface area (Å²) in [5.74, 6) is 0.876. The summed E-state index contributed by atoms with van der Waals surface area (Å²) >= 11 is 0. The van der Waals surface area contributed by atoms with Gasteiger partial charge in [0.25, 0.3) is 5.91 Å². The monoisotopic (exact) mass is 420 g/mol. The number of nitrogens with one attached hydrogen (secondary N) is 1. The van der Waals surface area contributed by atoms with Crippen LogP contribution in [0.5, 0.6) is 11.5 Å². The summed E-state index contributed by atoms with van der Waals surface area (Å²) < 4.78 is 11.2. The van der Waals surface area contributed by atoms with E-state index >= 15 is 0 Å². The Hall–Kier alpha value is -3.54. The molecule has 0 bridgehead atoms. The van der Waals surface area contributed by atoms with Crippen molar-refractivity contribution in [2.24, 2.45) is 0 Å². The molecule has 0 aliphatic carbocycles. The number of carbonyl (C=O) groups is 2. The smallest absolute Gasteiger partial charge is 0.261 e. The van der Waals surface area contributed by atoms with E-state index in [1.165, 1.54) is 0 Å². The number of ether oxygens (including phenoxy) is 2. The first kappa shape index (κ1) is 22.2. The van der Waals surface area contributed by atoms with Crippen molar-refractivity contribution in [2.45, 2.75) is 25.9 Å². The van der Waals surface area contributed by atoms with Crippen LogP contribution < -0.4 is 14.8 Å². The molecule has 31 heavy (non-hydrogen) atoms. The summed E-state index contributed by atoms with van der Waals surface area (Å²) in [5, 5.41) is 4.64. The Morgan fingerprint density at radius 3 is 2.52 bits per heavy atom. The topological polar surface area (TPSA) is 67.9 Å². The molecule has 2 amide bonds. The predicted molar refractivity (Wildman–Crippen MR) is 121 cm³/mol. The third kappa shape index (κ3) is 5.34. The number of nitrogens with zero attached hydrogens (tertiary/aromatic N) is 1. The zero-order valence-corrected chi connectivity index (χ0v) is 18.1. The largest absolute Gasteiger partial charge is 0.497 e. The van der Waals surface area contributed by atoms with Crippen molar-refractivity contribution >= 4 is 22.6 Å². The molecule has 0 saturated heterocycles. The van der Waals surface area contributed by atoms with Gasteiger partial charge >= 0.3 is 0 Å². The highest BCUT2D eigenvalue weighted by atomic mass is 16.5. The Morgan fingerprint density at radius 2 is 1.77 bits per heavy atom. The van der Waals surface area contributed by atoms with Gasteiger partial charge < -0.3 is 19.7 Å². The van der Waals surface area contributed by atoms with Gasteiger partial charge in [0.15, 0.2) is 6.61 Å². The minimum Gasteiger partial charge on any atom is -0.497 e. The maximum atomic E-state index is 13.2. The average Bonchev–Trinajstić information content (AvgIpc) is 2.82. The van der Waals surface area contributed by atoms with Crippen molar-refractivity contribution in [2.75, 3.05) is 20.8 Å². The van der Waals surface area contributed by atoms with Crippen molar-refractivity contribution in [1.29, 1.82) is 0 Å². The lowest BCUT2D eigenvalue weighted by Gasteiger charge is -2.30. The molecule has 1 atom stereocenters. The van der Waals surface area contributed by atoms with Crippen molar-refractivity contribution in [3.63, 3.8) is 0 Å². The maximum absolute atomic E-state index is 13.2. The maximum Gasteiger partial charge on any atom is 0.261 e. The molecular weight excluding hydrogens is 392 g/mol. The van der Waals surface area contributed by atoms with E-state index in [0.29, 0.717) is 17.9 Å². The summed E-state index contributed by atoms with van der Waals surface area (Å²) in [6, 6.07) is 20.5. The Morgan fingerprint density at radius 1 is 1.03 bits per heavy atom. The molecule has 0 heterocycles. The molecule has 0 spiro atoms. The van der Waals surface area contributed by atoms with Crippen molar-refractivity contribution in [3.8, 4) is 11.5 Å². The highest BCUT2D eigenvalue weighted by Gasteiger charge is 2.28. The van der Waals surface area contributed by atoms with E-state index in [9.17, 15) is 9.59 Å². The van der Waals surface area contributed by atoms with Gasteiger partial charge in [-0.25, -0.2) is 0 Å². The highest BCUT2D eigenvalue weighted by Crippen LogP contribution is 2.25. The lowest BCUT2D eigenvalue weighted by molar-refractivity contribution is -0.142. The quantitative estimate of drug-likeness (QED) is 0.572. The molecule has 1 N–H and O–H groups in total. The van der Waals surface area contributed by atoms with Crippen molar-refractivity contribution in [1.82, 2.24) is 10.2 Å². The predicted octanol–water partition coefficient (Wildman–Crippen LogP) is 3.78. The molecule has 0 aliphatic rings. The van der Waals surface area contributed by atoms with Crippen LogP contribution in [0.25, 0.3) is 10.8 Å². The number of carbonyl (C=O) groups excluding carboxylic acids is 2. The average molecular weight is 421 g/mol. The number of rotatable bonds is 9. The summed E-state index contributed by atoms with van der Waals surface area (Å²) in [5.41, 5.74) is 0.875. The third-order valence-electron chi connectivity index (χ3n) is 5.22. The lowest BCUT2D eigenvalue weighted by Crippen LogP contribution is -2.49. The lowest BCUT2D eigenvalue weighted by atomic mass is 10.1. The van der Waals surface area contributed by atoms with Crippen LogP contribution in [-0.2, 0) is 16.1 Å². The van der Waals surface area contributed by atoms with Crippen LogP contribution in [0.1, 0.15) is 18.9 Å². The van der Waals surface area contributed by atoms with E-state index in [2.05, 4.69) is 5.32 Å². The van der Waals surface area contributed by atoms with Gasteiger partial charge in [0, 0.05) is 19.0 Å². The molecule has 0 saturated carbocycles. The molecule has 0 fully saturated rings. The van der Waals surface area contributed by atoms with Gasteiger partial charge in [-0.1, -0.05) is 55.5 Å². The summed E-state index contributed by atoms with van der Waals surface area (Å²) in [6.07, 6.45) is 0.490. The van der Waals surface area contributed by atoms with Crippen LogP contribution in [-0.4, -0.2) is 43.5 Å². The van der Waals surface area contributed by atoms with Gasteiger partial charge in [0.1, 0.15) is 17.5 Å². The summed E-state index contributed by atoms with van der Waals surface area (Å²) in [7, 11) is 3.17. The van der Waals surface area contributed by atoms with Crippen LogP contribution in [0.15, 0.2) is 66.7 Å². The molecule has 3 rings (SSSR count). The minimum atomic E-state index is -0.597. The Bertz CT molecular complexity index is 1050. The van der Waals surface area contributed by atoms with Gasteiger partial charge in [-0.05, 0) is 35.6 Å². The molecule has 6 nitrogen and oxygen atoms in total. The molecule has 3 aromatic rings. The number of amides is 2. The number of hydrogen-bond donors (Lipinski definition) is 1. The first-order chi connectivity index (χ1) is 15.1. The van der Waals surface area contributed by atoms with Crippen LogP contribution in [0, 0.1) is 0 Å². The van der Waals surface area contributed by atoms with Gasteiger partial charge in [-0.2, -0.15) is 0 Å². The standard InChI is InChI=1S/C25H28N2O4/c1-4-22(25(29)26-2)27(16-18-9-7-12-20(15-18)30-3)24(28)17-31-23-14-8-11-19-10-5-6-13-21(19)23/h5-15,22H,4,16-17H2,1-3H3,(H,26,29)/t22-/m0/s1. The van der Waals surface area contributed by atoms with E-state index in [0.717, 1.165) is 16.3 Å². The van der Waals surface area contributed by atoms with Crippen LogP contribution in [0.3, 0.4) is 0 Å². The fraction of sp³-hybridized carbons (Fsp3) is 0.280. The molecule has 0 radical (unpaired) electrons. The Balaban J connectivity index is 1.83. The number of hydrogen-bond acceptors (Lipinski definition) is 4. The molecule has 0 aliphatic heterocycles. The van der Waals surface area contributed by atoms with Gasteiger partial charge in [-0.15, -0.1) is 0 Å². The zero-order chi connectivity index (χ0) is 22.2. The Kier molecular flexibility index (Phi) is 7.49. The number of fused-ring (bicyclic) bond motifs is 1. The van der Waals surface area contributed by atoms with E-state index in [-0.39, 0.29) is 25.0 Å². The number of benzene rings is 3. The fourth-order valence-corrected chi connectivity index (χ4v) is 3.60. The van der Waals surface area contributed by atoms with Crippen molar-refractivity contribution < 1.29 is 19.1 Å². The SMILES string of the molecule is CC[C@@H](C(=O)NC)N(Cc1cccc(OC)c1)C(=O)COc1cccc2ccccc12. The molecule has 6 heteroatoms. The molecule has 0 aromatic heterocycles. The van der Waals surface area contributed by atoms with Crippen LogP contribution in [0.4, 0.5) is 0 Å². The molecule has 0 unspecified atom stereocenters. The molecule has 3 aromatic carbocycles. The fourth-order valence-electron chi connectivity index (χ4n) is 3.60. The zero-order valence-electron chi connectivity index (χ0n) is 18.1. The first-order valence-electron chi connectivity index (χ1n) is 10.3. The number of methoxy groups -OCH3 is 1. The molecule has 162 valence electrons. The van der Waals surface area contributed by atoms with Crippen LogP contribution >= 0.6 is 0 Å². The van der Waals surface area contributed by atoms with E-state index in [1.54, 1.807) is 19.1 Å². The first-order valence-corrected chi connectivity index (χ1v) is 10.3. The second-order valence-electron chi connectivity index (χ2n) is 7.18. The Labute approximate surface area is 182 Å². The second-order valence-corrected chi connectivity index (χ2v) is 7.18. The van der Waals surface area contributed by atoms with Gasteiger partial charge in [-0.3, -0.25) is 9.59 Å². The molecular formula is C25H28N2O4.